The van der Waals surface area contributed by atoms with Gasteiger partial charge < -0.3 is 25.4 Å². The van der Waals surface area contributed by atoms with Gasteiger partial charge >= 0.3 is 6.03 Å². The predicted molar refractivity (Wildman–Crippen MR) is 158 cm³/mol. The molecule has 3 N–H and O–H groups in total. The summed E-state index contributed by atoms with van der Waals surface area (Å²) in [6.07, 6.45) is 4.43. The van der Waals surface area contributed by atoms with Crippen molar-refractivity contribution in [3.05, 3.63) is 53.1 Å². The predicted octanol–water partition coefficient (Wildman–Crippen LogP) is 4.34. The van der Waals surface area contributed by atoms with E-state index in [4.69, 9.17) is 16.3 Å². The fraction of sp³-hybridized carbons (Fsp3) is 0.517. The van der Waals surface area contributed by atoms with Crippen LogP contribution in [0.25, 0.3) is 0 Å². The summed E-state index contributed by atoms with van der Waals surface area (Å²) in [6, 6.07) is 10.1. The lowest BCUT2D eigenvalue weighted by atomic mass is 9.96. The summed E-state index contributed by atoms with van der Waals surface area (Å²) in [6.45, 7) is 3.59. The number of para-hydroxylation sites is 1. The van der Waals surface area contributed by atoms with E-state index in [0.29, 0.717) is 10.7 Å². The summed E-state index contributed by atoms with van der Waals surface area (Å²) in [5.41, 5.74) is 0.531. The van der Waals surface area contributed by atoms with Crippen LogP contribution < -0.4 is 15.4 Å². The van der Waals surface area contributed by atoms with Crippen molar-refractivity contribution < 1.29 is 27.9 Å². The van der Waals surface area contributed by atoms with E-state index in [1.165, 1.54) is 35.6 Å². The topological polar surface area (TPSA) is 128 Å². The van der Waals surface area contributed by atoms with E-state index in [9.17, 15) is 23.1 Å². The fourth-order valence-electron chi connectivity index (χ4n) is 5.29. The van der Waals surface area contributed by atoms with E-state index in [1.807, 2.05) is 6.92 Å². The number of rotatable bonds is 8. The van der Waals surface area contributed by atoms with Gasteiger partial charge in [0.25, 0.3) is 5.91 Å². The Bertz CT molecular complexity index is 1330. The van der Waals surface area contributed by atoms with Crippen molar-refractivity contribution in [1.29, 1.82) is 0 Å². The Morgan fingerprint density at radius 1 is 1.17 bits per heavy atom. The molecule has 2 aromatic rings. The first kappa shape index (κ1) is 31.1. The van der Waals surface area contributed by atoms with Gasteiger partial charge in [0.15, 0.2) is 5.75 Å². The Hall–Kier alpha value is -2.86. The summed E-state index contributed by atoms with van der Waals surface area (Å²) in [5, 5.41) is 16.2. The number of aliphatic hydroxyl groups excluding tert-OH is 1. The van der Waals surface area contributed by atoms with Crippen molar-refractivity contribution in [3.63, 3.8) is 0 Å². The lowest BCUT2D eigenvalue weighted by Crippen LogP contribution is -2.50. The smallest absolute Gasteiger partial charge is 0.319 e. The minimum Gasteiger partial charge on any atom is -0.486 e. The minimum atomic E-state index is -3.87. The molecule has 3 amide bonds. The first-order valence-electron chi connectivity index (χ1n) is 14.0. The maximum atomic E-state index is 13.7. The van der Waals surface area contributed by atoms with E-state index >= 15 is 0 Å². The Morgan fingerprint density at radius 2 is 1.85 bits per heavy atom. The number of urea groups is 1. The zero-order valence-corrected chi connectivity index (χ0v) is 25.2. The molecule has 0 radical (unpaired) electrons. The van der Waals surface area contributed by atoms with Crippen LogP contribution in [0, 0.1) is 5.92 Å². The molecular formula is C29H39ClN4O6S. The van der Waals surface area contributed by atoms with Gasteiger partial charge in [0.2, 0.25) is 10.0 Å². The molecular weight excluding hydrogens is 568 g/mol. The molecule has 1 heterocycles. The SMILES string of the molecule is C[C@H]1CN([C@@H](C)CO)C(=O)c2cccc(NC(=O)NC3CCCCC3)c2O[C@@H]1CN(C)S(=O)(=O)c1ccc(Cl)cc1. The summed E-state index contributed by atoms with van der Waals surface area (Å²) < 4.78 is 34.4. The van der Waals surface area contributed by atoms with E-state index in [1.54, 1.807) is 30.0 Å². The van der Waals surface area contributed by atoms with Crippen LogP contribution in [-0.4, -0.2) is 79.6 Å². The number of halogens is 1. The molecule has 0 bridgehead atoms. The summed E-state index contributed by atoms with van der Waals surface area (Å²) in [7, 11) is -2.40. The molecule has 0 saturated heterocycles. The van der Waals surface area contributed by atoms with Crippen LogP contribution in [0.15, 0.2) is 47.4 Å². The first-order chi connectivity index (χ1) is 19.5. The number of likely N-dealkylation sites (N-methyl/N-ethyl adjacent to an activating group) is 1. The van der Waals surface area contributed by atoms with Gasteiger partial charge in [-0.25, -0.2) is 13.2 Å². The van der Waals surface area contributed by atoms with Crippen molar-refractivity contribution in [2.45, 2.75) is 69.0 Å². The highest BCUT2D eigenvalue weighted by Crippen LogP contribution is 2.35. The van der Waals surface area contributed by atoms with Gasteiger partial charge in [-0.1, -0.05) is 43.9 Å². The molecule has 1 fully saturated rings. The molecule has 3 atom stereocenters. The number of sulfonamides is 1. The van der Waals surface area contributed by atoms with E-state index < -0.39 is 28.2 Å². The summed E-state index contributed by atoms with van der Waals surface area (Å²) in [5.74, 6) is -0.501. The molecule has 0 unspecified atom stereocenters. The third-order valence-corrected chi connectivity index (χ3v) is 9.93. The number of aliphatic hydroxyl groups is 1. The van der Waals surface area contributed by atoms with Crippen molar-refractivity contribution in [3.8, 4) is 5.75 Å². The van der Waals surface area contributed by atoms with Crippen LogP contribution in [-0.2, 0) is 10.0 Å². The van der Waals surface area contributed by atoms with Gasteiger partial charge in [0, 0.05) is 30.6 Å². The van der Waals surface area contributed by atoms with Crippen molar-refractivity contribution in [2.75, 3.05) is 32.1 Å². The second-order valence-electron chi connectivity index (χ2n) is 11.0. The highest BCUT2D eigenvalue weighted by Gasteiger charge is 2.36. The normalized spacial score (nSPS) is 20.9. The average molecular weight is 607 g/mol. The van der Waals surface area contributed by atoms with Crippen LogP contribution in [0.4, 0.5) is 10.5 Å². The van der Waals surface area contributed by atoms with Gasteiger partial charge in [-0.2, -0.15) is 4.31 Å². The number of carbonyl (C=O) groups excluding carboxylic acids is 2. The monoisotopic (exact) mass is 606 g/mol. The molecule has 1 saturated carbocycles. The number of amides is 3. The van der Waals surface area contributed by atoms with Gasteiger partial charge in [-0.15, -0.1) is 0 Å². The molecule has 10 nitrogen and oxygen atoms in total. The van der Waals surface area contributed by atoms with E-state index in [2.05, 4.69) is 10.6 Å². The Kier molecular flexibility index (Phi) is 10.2. The molecule has 0 spiro atoms. The Balaban J connectivity index is 1.65. The van der Waals surface area contributed by atoms with Crippen molar-refractivity contribution in [2.24, 2.45) is 5.92 Å². The van der Waals surface area contributed by atoms with Crippen molar-refractivity contribution in [1.82, 2.24) is 14.5 Å². The quantitative estimate of drug-likeness (QED) is 0.410. The molecule has 1 aliphatic carbocycles. The molecule has 12 heteroatoms. The second-order valence-corrected chi connectivity index (χ2v) is 13.5. The lowest BCUT2D eigenvalue weighted by molar-refractivity contribution is 0.0389. The number of hydrogen-bond donors (Lipinski definition) is 3. The Labute approximate surface area is 247 Å². The van der Waals surface area contributed by atoms with Crippen LogP contribution >= 0.6 is 11.6 Å². The minimum absolute atomic E-state index is 0.0241. The highest BCUT2D eigenvalue weighted by atomic mass is 35.5. The lowest BCUT2D eigenvalue weighted by Gasteiger charge is -2.38. The number of carbonyl (C=O) groups is 2. The van der Waals surface area contributed by atoms with Crippen LogP contribution in [0.5, 0.6) is 5.75 Å². The summed E-state index contributed by atoms with van der Waals surface area (Å²) >= 11 is 5.95. The van der Waals surface area contributed by atoms with Crippen LogP contribution in [0.1, 0.15) is 56.3 Å². The number of ether oxygens (including phenoxy) is 1. The number of nitrogens with zero attached hydrogens (tertiary/aromatic N) is 2. The molecule has 41 heavy (non-hydrogen) atoms. The maximum absolute atomic E-state index is 13.7. The van der Waals surface area contributed by atoms with Crippen LogP contribution in [0.2, 0.25) is 5.02 Å². The first-order valence-corrected chi connectivity index (χ1v) is 15.8. The molecule has 1 aliphatic heterocycles. The van der Waals surface area contributed by atoms with Gasteiger partial charge in [-0.3, -0.25) is 4.79 Å². The van der Waals surface area contributed by atoms with E-state index in [-0.39, 0.29) is 53.8 Å². The number of anilines is 1. The molecule has 224 valence electrons. The molecule has 2 aliphatic rings. The highest BCUT2D eigenvalue weighted by molar-refractivity contribution is 7.89. The molecule has 0 aromatic heterocycles. The zero-order valence-electron chi connectivity index (χ0n) is 23.7. The largest absolute Gasteiger partial charge is 0.486 e. The third kappa shape index (κ3) is 7.32. The molecule has 4 rings (SSSR count). The number of nitrogens with one attached hydrogen (secondary N) is 2. The average Bonchev–Trinajstić information content (AvgIpc) is 2.95. The van der Waals surface area contributed by atoms with Gasteiger partial charge in [0.1, 0.15) is 6.10 Å². The number of fused-ring (bicyclic) bond motifs is 1. The van der Waals surface area contributed by atoms with Gasteiger partial charge in [0.05, 0.1) is 35.3 Å². The standard InChI is InChI=1S/C29H39ClN4O6S/c1-19-16-34(20(2)18-35)28(36)24-10-7-11-25(32-29(37)31-22-8-5-4-6-9-22)27(24)40-26(19)17-33(3)41(38,39)23-14-12-21(30)13-15-23/h7,10-15,19-20,22,26,35H,4-6,8-9,16-18H2,1-3H3,(H2,31,32,37)/t19-,20-,26+/m0/s1. The fourth-order valence-corrected chi connectivity index (χ4v) is 6.60. The maximum Gasteiger partial charge on any atom is 0.319 e. The zero-order chi connectivity index (χ0) is 29.7. The molecule has 2 aromatic carbocycles. The number of hydrogen-bond acceptors (Lipinski definition) is 6. The van der Waals surface area contributed by atoms with Crippen LogP contribution in [0.3, 0.4) is 0 Å². The van der Waals surface area contributed by atoms with E-state index in [0.717, 1.165) is 32.1 Å². The second kappa shape index (κ2) is 13.4. The van der Waals surface area contributed by atoms with Crippen molar-refractivity contribution >= 4 is 39.2 Å². The Morgan fingerprint density at radius 3 is 2.51 bits per heavy atom. The van der Waals surface area contributed by atoms with Gasteiger partial charge in [-0.05, 0) is 56.2 Å². The number of benzene rings is 2. The third-order valence-electron chi connectivity index (χ3n) is 7.84. The summed E-state index contributed by atoms with van der Waals surface area (Å²) in [4.78, 5) is 28.3.